The van der Waals surface area contributed by atoms with Gasteiger partial charge in [0.25, 0.3) is 0 Å². The number of ether oxygens (including phenoxy) is 1. The quantitative estimate of drug-likeness (QED) is 0.297. The van der Waals surface area contributed by atoms with Gasteiger partial charge in [0.1, 0.15) is 11.6 Å². The fourth-order valence-corrected chi connectivity index (χ4v) is 3.82. The van der Waals surface area contributed by atoms with Crippen molar-refractivity contribution in [3.05, 3.63) is 85.2 Å². The number of para-hydroxylation sites is 2. The number of hydrogen-bond donors (Lipinski definition) is 1. The molecule has 5 nitrogen and oxygen atoms in total. The number of imidazole rings is 1. The summed E-state index contributed by atoms with van der Waals surface area (Å²) in [6, 6.07) is 22.6. The Morgan fingerprint density at radius 1 is 1.03 bits per heavy atom. The minimum absolute atomic E-state index is 0.140. The van der Waals surface area contributed by atoms with Crippen LogP contribution in [0.3, 0.4) is 0 Å². The molecule has 1 aromatic heterocycles. The first-order valence-electron chi connectivity index (χ1n) is 10.7. The van der Waals surface area contributed by atoms with Gasteiger partial charge in [-0.1, -0.05) is 55.1 Å². The zero-order chi connectivity index (χ0) is 21.5. The number of aryl methyl sites for hydroxylation is 2. The van der Waals surface area contributed by atoms with E-state index in [-0.39, 0.29) is 5.91 Å². The Balaban J connectivity index is 1.40. The second kappa shape index (κ2) is 9.94. The largest absolute Gasteiger partial charge is 0.493 e. The molecular weight excluding hydrogens is 386 g/mol. The van der Waals surface area contributed by atoms with Crippen molar-refractivity contribution in [3.63, 3.8) is 0 Å². The van der Waals surface area contributed by atoms with Crippen molar-refractivity contribution in [2.24, 2.45) is 0 Å². The van der Waals surface area contributed by atoms with E-state index in [9.17, 15) is 4.79 Å². The first-order chi connectivity index (χ1) is 15.3. The third-order valence-electron chi connectivity index (χ3n) is 5.33. The Hall–Kier alpha value is -3.60. The maximum absolute atomic E-state index is 11.3. The molecule has 0 aliphatic heterocycles. The SMILES string of the molecule is C=CC(=O)NCCCc1nc2ccccc2n1CCCOc1cccc2ccccc12. The molecule has 5 heteroatoms. The number of nitrogens with zero attached hydrogens (tertiary/aromatic N) is 2. The van der Waals surface area contributed by atoms with Crippen LogP contribution >= 0.6 is 0 Å². The Morgan fingerprint density at radius 3 is 2.74 bits per heavy atom. The summed E-state index contributed by atoms with van der Waals surface area (Å²) in [4.78, 5) is 16.2. The van der Waals surface area contributed by atoms with Crippen LogP contribution in [0.1, 0.15) is 18.7 Å². The van der Waals surface area contributed by atoms with Gasteiger partial charge in [-0.25, -0.2) is 4.98 Å². The van der Waals surface area contributed by atoms with Gasteiger partial charge in [-0.2, -0.15) is 0 Å². The molecule has 0 aliphatic carbocycles. The highest BCUT2D eigenvalue weighted by molar-refractivity contribution is 5.88. The predicted octanol–water partition coefficient (Wildman–Crippen LogP) is 4.89. The van der Waals surface area contributed by atoms with Gasteiger partial charge in [-0.05, 0) is 42.5 Å². The fraction of sp³-hybridized carbons (Fsp3) is 0.231. The lowest BCUT2D eigenvalue weighted by atomic mass is 10.1. The third-order valence-corrected chi connectivity index (χ3v) is 5.33. The fourth-order valence-electron chi connectivity index (χ4n) is 3.82. The van der Waals surface area contributed by atoms with Crippen molar-refractivity contribution < 1.29 is 9.53 Å². The highest BCUT2D eigenvalue weighted by Crippen LogP contribution is 2.25. The van der Waals surface area contributed by atoms with Crippen LogP contribution in [0.5, 0.6) is 5.75 Å². The minimum Gasteiger partial charge on any atom is -0.493 e. The lowest BCUT2D eigenvalue weighted by molar-refractivity contribution is -0.116. The van der Waals surface area contributed by atoms with Crippen LogP contribution in [0.25, 0.3) is 21.8 Å². The number of benzene rings is 3. The monoisotopic (exact) mass is 413 g/mol. The summed E-state index contributed by atoms with van der Waals surface area (Å²) < 4.78 is 8.39. The summed E-state index contributed by atoms with van der Waals surface area (Å²) >= 11 is 0. The lowest BCUT2D eigenvalue weighted by Crippen LogP contribution is -2.22. The van der Waals surface area contributed by atoms with Crippen molar-refractivity contribution in [2.45, 2.75) is 25.8 Å². The molecule has 0 saturated carbocycles. The summed E-state index contributed by atoms with van der Waals surface area (Å²) in [5, 5.41) is 5.15. The van der Waals surface area contributed by atoms with Crippen LogP contribution in [0.4, 0.5) is 0 Å². The molecule has 1 N–H and O–H groups in total. The van der Waals surface area contributed by atoms with Crippen LogP contribution in [0.15, 0.2) is 79.4 Å². The van der Waals surface area contributed by atoms with E-state index in [1.807, 2.05) is 42.5 Å². The minimum atomic E-state index is -0.140. The smallest absolute Gasteiger partial charge is 0.243 e. The van der Waals surface area contributed by atoms with Crippen LogP contribution in [-0.2, 0) is 17.8 Å². The standard InChI is InChI=1S/C26H27N3O2/c1-2-26(30)27-17-8-16-25-28-22-13-5-6-14-23(22)29(25)18-9-19-31-24-15-7-11-20-10-3-4-12-21(20)24/h2-7,10-15H,1,8-9,16-19H2,(H,27,30). The molecule has 0 spiro atoms. The number of aromatic nitrogens is 2. The summed E-state index contributed by atoms with van der Waals surface area (Å²) in [6.45, 7) is 5.56. The molecule has 0 aliphatic rings. The molecule has 0 radical (unpaired) electrons. The van der Waals surface area contributed by atoms with E-state index in [1.165, 1.54) is 11.5 Å². The zero-order valence-corrected chi connectivity index (χ0v) is 17.6. The zero-order valence-electron chi connectivity index (χ0n) is 17.6. The highest BCUT2D eigenvalue weighted by atomic mass is 16.5. The number of amides is 1. The summed E-state index contributed by atoms with van der Waals surface area (Å²) in [7, 11) is 0. The normalized spacial score (nSPS) is 11.0. The molecule has 4 rings (SSSR count). The van der Waals surface area contributed by atoms with Crippen LogP contribution in [0, 0.1) is 0 Å². The van der Waals surface area contributed by atoms with E-state index in [4.69, 9.17) is 9.72 Å². The highest BCUT2D eigenvalue weighted by Gasteiger charge is 2.10. The number of rotatable bonds is 10. The molecule has 0 unspecified atom stereocenters. The van der Waals surface area contributed by atoms with Crippen molar-refractivity contribution in [3.8, 4) is 5.75 Å². The summed E-state index contributed by atoms with van der Waals surface area (Å²) in [5.41, 5.74) is 2.14. The summed E-state index contributed by atoms with van der Waals surface area (Å²) in [5.74, 6) is 1.82. The van der Waals surface area contributed by atoms with Gasteiger partial charge in [0.2, 0.25) is 5.91 Å². The molecule has 0 fully saturated rings. The average molecular weight is 414 g/mol. The van der Waals surface area contributed by atoms with E-state index in [0.717, 1.165) is 53.8 Å². The topological polar surface area (TPSA) is 56.2 Å². The van der Waals surface area contributed by atoms with E-state index in [0.29, 0.717) is 13.2 Å². The Bertz CT molecular complexity index is 1190. The third kappa shape index (κ3) is 4.94. The van der Waals surface area contributed by atoms with Gasteiger partial charge in [0.15, 0.2) is 0 Å². The predicted molar refractivity (Wildman–Crippen MR) is 125 cm³/mol. The first kappa shape index (κ1) is 20.7. The number of fused-ring (bicyclic) bond motifs is 2. The molecule has 0 bridgehead atoms. The van der Waals surface area contributed by atoms with Gasteiger partial charge in [0, 0.05) is 24.9 Å². The van der Waals surface area contributed by atoms with Crippen molar-refractivity contribution >= 4 is 27.7 Å². The van der Waals surface area contributed by atoms with Crippen molar-refractivity contribution in [1.29, 1.82) is 0 Å². The van der Waals surface area contributed by atoms with Gasteiger partial charge >= 0.3 is 0 Å². The van der Waals surface area contributed by atoms with Crippen molar-refractivity contribution in [1.82, 2.24) is 14.9 Å². The maximum Gasteiger partial charge on any atom is 0.243 e. The number of carbonyl (C=O) groups excluding carboxylic acids is 1. The Morgan fingerprint density at radius 2 is 1.84 bits per heavy atom. The molecule has 1 heterocycles. The average Bonchev–Trinajstić information content (AvgIpc) is 3.16. The Kier molecular flexibility index (Phi) is 6.62. The first-order valence-corrected chi connectivity index (χ1v) is 10.7. The molecular formula is C26H27N3O2. The van der Waals surface area contributed by atoms with Gasteiger partial charge in [0.05, 0.1) is 17.6 Å². The molecule has 1 amide bonds. The van der Waals surface area contributed by atoms with Gasteiger partial charge < -0.3 is 14.6 Å². The summed E-state index contributed by atoms with van der Waals surface area (Å²) in [6.07, 6.45) is 3.81. The number of carbonyl (C=O) groups is 1. The van der Waals surface area contributed by atoms with Crippen LogP contribution in [-0.4, -0.2) is 28.6 Å². The molecule has 0 saturated heterocycles. The van der Waals surface area contributed by atoms with Gasteiger partial charge in [-0.3, -0.25) is 4.79 Å². The van der Waals surface area contributed by atoms with E-state index < -0.39 is 0 Å². The second-order valence-corrected chi connectivity index (χ2v) is 7.45. The van der Waals surface area contributed by atoms with Crippen molar-refractivity contribution in [2.75, 3.05) is 13.2 Å². The molecule has 0 atom stereocenters. The van der Waals surface area contributed by atoms with E-state index in [2.05, 4.69) is 40.7 Å². The number of nitrogens with one attached hydrogen (secondary N) is 1. The lowest BCUT2D eigenvalue weighted by Gasteiger charge is -2.12. The second-order valence-electron chi connectivity index (χ2n) is 7.45. The molecule has 4 aromatic rings. The van der Waals surface area contributed by atoms with E-state index in [1.54, 1.807) is 0 Å². The van der Waals surface area contributed by atoms with Crippen LogP contribution in [0.2, 0.25) is 0 Å². The number of hydrogen-bond acceptors (Lipinski definition) is 3. The molecule has 31 heavy (non-hydrogen) atoms. The van der Waals surface area contributed by atoms with E-state index >= 15 is 0 Å². The van der Waals surface area contributed by atoms with Crippen LogP contribution < -0.4 is 10.1 Å². The molecule has 158 valence electrons. The maximum atomic E-state index is 11.3. The Labute approximate surface area is 182 Å². The molecule has 3 aromatic carbocycles. The van der Waals surface area contributed by atoms with Gasteiger partial charge in [-0.15, -0.1) is 0 Å².